The van der Waals surface area contributed by atoms with Gasteiger partial charge in [-0.25, -0.2) is 9.20 Å². The predicted molar refractivity (Wildman–Crippen MR) is 90.8 cm³/mol. The van der Waals surface area contributed by atoms with E-state index in [9.17, 15) is 17.4 Å². The molecule has 0 bridgehead atoms. The standard InChI is InChI=1S/C16H13ClF3N3OS/c1-23(2)15-21-13-8-5-11(17)9-14(13)25(24,22-15)12-6-3-10(4-7-12)16(18,19)20/h3-9H,1-2H3. The van der Waals surface area contributed by atoms with Gasteiger partial charge >= 0.3 is 6.18 Å². The van der Waals surface area contributed by atoms with Crippen LogP contribution in [0.15, 0.2) is 61.6 Å². The van der Waals surface area contributed by atoms with Crippen LogP contribution >= 0.6 is 11.6 Å². The van der Waals surface area contributed by atoms with Gasteiger partial charge in [0.05, 0.1) is 21.0 Å². The summed E-state index contributed by atoms with van der Waals surface area (Å²) in [7, 11) is 0.174. The molecule has 3 rings (SSSR count). The van der Waals surface area contributed by atoms with Crippen LogP contribution in [-0.2, 0) is 15.9 Å². The Morgan fingerprint density at radius 3 is 2.28 bits per heavy atom. The molecule has 0 radical (unpaired) electrons. The first-order valence-electron chi connectivity index (χ1n) is 7.11. The van der Waals surface area contributed by atoms with E-state index >= 15 is 0 Å². The average molecular weight is 388 g/mol. The lowest BCUT2D eigenvalue weighted by Crippen LogP contribution is -2.24. The van der Waals surface area contributed by atoms with E-state index in [0.717, 1.165) is 12.1 Å². The van der Waals surface area contributed by atoms with E-state index in [1.54, 1.807) is 31.1 Å². The van der Waals surface area contributed by atoms with Gasteiger partial charge < -0.3 is 4.90 Å². The highest BCUT2D eigenvalue weighted by Gasteiger charge is 2.31. The summed E-state index contributed by atoms with van der Waals surface area (Å²) in [5.74, 6) is 0.222. The summed E-state index contributed by atoms with van der Waals surface area (Å²) in [5, 5.41) is 0.345. The predicted octanol–water partition coefficient (Wildman–Crippen LogP) is 4.81. The summed E-state index contributed by atoms with van der Waals surface area (Å²) in [6.07, 6.45) is -4.47. The zero-order chi connectivity index (χ0) is 18.4. The molecule has 1 aliphatic rings. The van der Waals surface area contributed by atoms with Gasteiger partial charge in [-0.15, -0.1) is 0 Å². The number of fused-ring (bicyclic) bond motifs is 1. The van der Waals surface area contributed by atoms with Gasteiger partial charge in [0.1, 0.15) is 9.73 Å². The highest BCUT2D eigenvalue weighted by atomic mass is 35.5. The van der Waals surface area contributed by atoms with Gasteiger partial charge in [-0.3, -0.25) is 0 Å². The van der Waals surface area contributed by atoms with Gasteiger partial charge in [-0.1, -0.05) is 11.6 Å². The van der Waals surface area contributed by atoms with E-state index in [0.29, 0.717) is 10.7 Å². The van der Waals surface area contributed by atoms with Gasteiger partial charge in [0, 0.05) is 19.1 Å². The molecule has 0 N–H and O–H groups in total. The summed E-state index contributed by atoms with van der Waals surface area (Å²) in [4.78, 5) is 6.35. The monoisotopic (exact) mass is 387 g/mol. The third kappa shape index (κ3) is 3.23. The van der Waals surface area contributed by atoms with E-state index in [2.05, 4.69) is 9.36 Å². The maximum Gasteiger partial charge on any atom is 0.416 e. The van der Waals surface area contributed by atoms with Crippen molar-refractivity contribution in [3.05, 3.63) is 53.1 Å². The lowest BCUT2D eigenvalue weighted by molar-refractivity contribution is -0.137. The summed E-state index contributed by atoms with van der Waals surface area (Å²) >= 11 is 6.00. The SMILES string of the molecule is CN(C)C1=Nc2ccc(Cl)cc2S(=O)(c2ccc(C(F)(F)F)cc2)=N1. The number of rotatable bonds is 1. The minimum atomic E-state index is -4.47. The topological polar surface area (TPSA) is 45.0 Å². The summed E-state index contributed by atoms with van der Waals surface area (Å²) < 4.78 is 56.2. The fourth-order valence-electron chi connectivity index (χ4n) is 2.28. The maximum absolute atomic E-state index is 13.6. The number of aliphatic imine (C=N–C) groups is 1. The molecular weight excluding hydrogens is 375 g/mol. The fourth-order valence-corrected chi connectivity index (χ4v) is 4.60. The van der Waals surface area contributed by atoms with Crippen LogP contribution in [0.3, 0.4) is 0 Å². The number of nitrogens with zero attached hydrogens (tertiary/aromatic N) is 3. The van der Waals surface area contributed by atoms with Crippen molar-refractivity contribution >= 4 is 33.0 Å². The molecule has 25 heavy (non-hydrogen) atoms. The van der Waals surface area contributed by atoms with Gasteiger partial charge in [0.15, 0.2) is 0 Å². The lowest BCUT2D eigenvalue weighted by atomic mass is 10.2. The first-order chi connectivity index (χ1) is 11.6. The normalized spacial score (nSPS) is 19.7. The lowest BCUT2D eigenvalue weighted by Gasteiger charge is -2.21. The Kier molecular flexibility index (Phi) is 4.28. The van der Waals surface area contributed by atoms with Gasteiger partial charge in [0.25, 0.3) is 0 Å². The van der Waals surface area contributed by atoms with Gasteiger partial charge in [-0.05, 0) is 42.5 Å². The molecule has 0 fully saturated rings. The van der Waals surface area contributed by atoms with E-state index in [1.807, 2.05) is 0 Å². The molecule has 132 valence electrons. The molecule has 1 aliphatic heterocycles. The second kappa shape index (κ2) is 6.03. The van der Waals surface area contributed by atoms with Crippen LogP contribution in [0.5, 0.6) is 0 Å². The minimum Gasteiger partial charge on any atom is -0.346 e. The van der Waals surface area contributed by atoms with E-state index in [-0.39, 0.29) is 15.8 Å². The first-order valence-corrected chi connectivity index (χ1v) is 9.00. The molecule has 0 amide bonds. The number of halogens is 4. The van der Waals surface area contributed by atoms with E-state index < -0.39 is 21.5 Å². The molecule has 9 heteroatoms. The minimum absolute atomic E-state index is 0.165. The third-order valence-corrected chi connectivity index (χ3v) is 6.04. The highest BCUT2D eigenvalue weighted by molar-refractivity contribution is 7.94. The van der Waals surface area contributed by atoms with Crippen LogP contribution in [-0.4, -0.2) is 29.2 Å². The van der Waals surface area contributed by atoms with Crippen molar-refractivity contribution in [2.24, 2.45) is 9.36 Å². The van der Waals surface area contributed by atoms with E-state index in [4.69, 9.17) is 11.6 Å². The number of hydrogen-bond donors (Lipinski definition) is 0. The number of hydrogen-bond acceptors (Lipinski definition) is 4. The van der Waals surface area contributed by atoms with Crippen LogP contribution in [0.25, 0.3) is 0 Å². The van der Waals surface area contributed by atoms with Crippen molar-refractivity contribution in [2.45, 2.75) is 16.0 Å². The third-order valence-electron chi connectivity index (χ3n) is 3.55. The van der Waals surface area contributed by atoms with Crippen molar-refractivity contribution in [1.29, 1.82) is 0 Å². The zero-order valence-electron chi connectivity index (χ0n) is 13.2. The second-order valence-electron chi connectivity index (χ2n) is 5.56. The molecule has 2 aromatic carbocycles. The summed E-state index contributed by atoms with van der Waals surface area (Å²) in [6, 6.07) is 8.84. The van der Waals surface area contributed by atoms with Crippen molar-refractivity contribution in [2.75, 3.05) is 14.1 Å². The molecule has 0 aromatic heterocycles. The van der Waals surface area contributed by atoms with Crippen LogP contribution in [0.4, 0.5) is 18.9 Å². The van der Waals surface area contributed by atoms with E-state index in [1.165, 1.54) is 18.2 Å². The smallest absolute Gasteiger partial charge is 0.346 e. The second-order valence-corrected chi connectivity index (χ2v) is 8.14. The molecule has 4 nitrogen and oxygen atoms in total. The Hall–Kier alpha value is -2.06. The quantitative estimate of drug-likeness (QED) is 0.705. The number of benzene rings is 2. The van der Waals surface area contributed by atoms with Crippen LogP contribution in [0.2, 0.25) is 5.02 Å². The Bertz CT molecular complexity index is 975. The van der Waals surface area contributed by atoms with Crippen molar-refractivity contribution < 1.29 is 17.4 Å². The molecule has 1 heterocycles. The molecular formula is C16H13ClF3N3OS. The van der Waals surface area contributed by atoms with Crippen molar-refractivity contribution in [1.82, 2.24) is 4.90 Å². The Balaban J connectivity index is 2.24. The Morgan fingerprint density at radius 2 is 1.72 bits per heavy atom. The summed E-state index contributed by atoms with van der Waals surface area (Å²) in [6.45, 7) is 0. The highest BCUT2D eigenvalue weighted by Crippen LogP contribution is 2.38. The van der Waals surface area contributed by atoms with Gasteiger partial charge in [-0.2, -0.15) is 17.5 Å². The van der Waals surface area contributed by atoms with Crippen LogP contribution in [0, 0.1) is 0 Å². The number of alkyl halides is 3. The summed E-state index contributed by atoms with van der Waals surface area (Å²) in [5.41, 5.74) is -0.393. The molecule has 0 aliphatic carbocycles. The molecule has 1 atom stereocenters. The van der Waals surface area contributed by atoms with Crippen molar-refractivity contribution in [3.63, 3.8) is 0 Å². The van der Waals surface area contributed by atoms with Crippen LogP contribution in [0.1, 0.15) is 5.56 Å². The first kappa shape index (κ1) is 17.8. The zero-order valence-corrected chi connectivity index (χ0v) is 14.8. The average Bonchev–Trinajstić information content (AvgIpc) is 2.54. The molecule has 0 saturated carbocycles. The van der Waals surface area contributed by atoms with Crippen molar-refractivity contribution in [3.8, 4) is 0 Å². The fraction of sp³-hybridized carbons (Fsp3) is 0.188. The van der Waals surface area contributed by atoms with Crippen LogP contribution < -0.4 is 0 Å². The number of guanidine groups is 1. The molecule has 1 unspecified atom stereocenters. The Morgan fingerprint density at radius 1 is 1.08 bits per heavy atom. The molecule has 0 spiro atoms. The largest absolute Gasteiger partial charge is 0.416 e. The molecule has 0 saturated heterocycles. The maximum atomic E-state index is 13.6. The molecule has 2 aromatic rings. The van der Waals surface area contributed by atoms with Gasteiger partial charge in [0.2, 0.25) is 5.96 Å². The Labute approximate surface area is 148 Å².